The summed E-state index contributed by atoms with van der Waals surface area (Å²) in [6.07, 6.45) is 0. The number of ether oxygens (including phenoxy) is 3. The van der Waals surface area contributed by atoms with Gasteiger partial charge in [0.2, 0.25) is 0 Å². The molecular formula is C7H14O4SSb. The molecule has 0 atom stereocenters. The van der Waals surface area contributed by atoms with Crippen molar-refractivity contribution in [2.75, 3.05) is 39.3 Å². The van der Waals surface area contributed by atoms with Crippen LogP contribution in [-0.4, -0.2) is 69.7 Å². The molecule has 0 N–H and O–H groups in total. The molecule has 0 fully saturated rings. The number of carbonyl (C=O) groups excluding carboxylic acids is 1. The number of hydrogen-bond donors (Lipinski definition) is 1. The Labute approximate surface area is 101 Å². The van der Waals surface area contributed by atoms with Gasteiger partial charge in [-0.3, -0.25) is 4.79 Å². The first-order valence-electron chi connectivity index (χ1n) is 3.64. The maximum atomic E-state index is 10.5. The van der Waals surface area contributed by atoms with E-state index in [2.05, 4.69) is 12.6 Å². The Morgan fingerprint density at radius 3 is 2.38 bits per heavy atom. The molecule has 0 aromatic rings. The maximum absolute atomic E-state index is 10.5. The summed E-state index contributed by atoms with van der Waals surface area (Å²) in [7, 11) is 1.60. The van der Waals surface area contributed by atoms with Gasteiger partial charge in [0.1, 0.15) is 6.61 Å². The zero-order valence-corrected chi connectivity index (χ0v) is 11.0. The number of esters is 1. The Hall–Kier alpha value is 0.558. The topological polar surface area (TPSA) is 44.8 Å². The minimum Gasteiger partial charge on any atom is -0.463 e. The molecular weight excluding hydrogens is 302 g/mol. The van der Waals surface area contributed by atoms with Crippen LogP contribution in [-0.2, 0) is 19.0 Å². The first-order chi connectivity index (χ1) is 5.81. The van der Waals surface area contributed by atoms with Gasteiger partial charge < -0.3 is 14.2 Å². The third kappa shape index (κ3) is 12.6. The van der Waals surface area contributed by atoms with Gasteiger partial charge in [-0.15, -0.1) is 0 Å². The van der Waals surface area contributed by atoms with E-state index in [0.717, 1.165) is 0 Å². The molecule has 6 heteroatoms. The SMILES string of the molecule is COCCOCCOC(=O)CS.[Sb]. The summed E-state index contributed by atoms with van der Waals surface area (Å²) in [5, 5.41) is 0. The van der Waals surface area contributed by atoms with E-state index in [4.69, 9.17) is 14.2 Å². The molecule has 0 aliphatic heterocycles. The molecule has 0 aromatic heterocycles. The van der Waals surface area contributed by atoms with Crippen LogP contribution in [0.1, 0.15) is 0 Å². The number of thiol groups is 1. The van der Waals surface area contributed by atoms with Crippen molar-refractivity contribution in [2.24, 2.45) is 0 Å². The summed E-state index contributed by atoms with van der Waals surface area (Å²) >= 11 is 3.74. The van der Waals surface area contributed by atoms with Gasteiger partial charge in [-0.05, 0) is 0 Å². The second-order valence-electron chi connectivity index (χ2n) is 1.98. The van der Waals surface area contributed by atoms with E-state index < -0.39 is 0 Å². The fourth-order valence-corrected chi connectivity index (χ4v) is 0.596. The van der Waals surface area contributed by atoms with Crippen LogP contribution in [0, 0.1) is 0 Å². The smallest absolute Gasteiger partial charge is 0.315 e. The molecule has 3 radical (unpaired) electrons. The van der Waals surface area contributed by atoms with Crippen LogP contribution >= 0.6 is 12.6 Å². The molecule has 0 unspecified atom stereocenters. The fourth-order valence-electron chi connectivity index (χ4n) is 0.504. The van der Waals surface area contributed by atoms with Gasteiger partial charge in [0.25, 0.3) is 0 Å². The van der Waals surface area contributed by atoms with Crippen LogP contribution in [0.4, 0.5) is 0 Å². The fraction of sp³-hybridized carbons (Fsp3) is 0.857. The summed E-state index contributed by atoms with van der Waals surface area (Å²) in [4.78, 5) is 10.5. The molecule has 0 aromatic carbocycles. The molecule has 0 spiro atoms. The van der Waals surface area contributed by atoms with E-state index >= 15 is 0 Å². The zero-order chi connectivity index (χ0) is 9.23. The van der Waals surface area contributed by atoms with E-state index in [1.807, 2.05) is 0 Å². The monoisotopic (exact) mass is 315 g/mol. The standard InChI is InChI=1S/C7H14O4S.Sb/c1-9-2-3-10-4-5-11-7(8)6-12;/h12H,2-6H2,1H3;. The Morgan fingerprint density at radius 1 is 1.23 bits per heavy atom. The van der Waals surface area contributed by atoms with Crippen LogP contribution in [0.3, 0.4) is 0 Å². The molecule has 13 heavy (non-hydrogen) atoms. The van der Waals surface area contributed by atoms with E-state index in [9.17, 15) is 4.79 Å². The first-order valence-corrected chi connectivity index (χ1v) is 4.27. The van der Waals surface area contributed by atoms with Gasteiger partial charge in [-0.1, -0.05) is 0 Å². The number of rotatable bonds is 7. The Balaban J connectivity index is 0. The van der Waals surface area contributed by atoms with Gasteiger partial charge in [-0.25, -0.2) is 0 Å². The van der Waals surface area contributed by atoms with E-state index in [1.165, 1.54) is 0 Å². The van der Waals surface area contributed by atoms with Crippen molar-refractivity contribution in [3.63, 3.8) is 0 Å². The summed E-state index contributed by atoms with van der Waals surface area (Å²) in [6, 6.07) is 0. The molecule has 0 heterocycles. The third-order valence-corrected chi connectivity index (χ3v) is 1.31. The summed E-state index contributed by atoms with van der Waals surface area (Å²) in [6.45, 7) is 1.77. The van der Waals surface area contributed by atoms with Crippen LogP contribution in [0.25, 0.3) is 0 Å². The maximum Gasteiger partial charge on any atom is 0.315 e. The molecule has 0 saturated carbocycles. The van der Waals surface area contributed by atoms with Crippen LogP contribution in [0.2, 0.25) is 0 Å². The molecule has 4 nitrogen and oxygen atoms in total. The van der Waals surface area contributed by atoms with Crippen molar-refractivity contribution >= 4 is 43.0 Å². The Bertz CT molecular complexity index is 123. The van der Waals surface area contributed by atoms with Gasteiger partial charge >= 0.3 is 5.97 Å². The average Bonchev–Trinajstić information content (AvgIpc) is 2.10. The Morgan fingerprint density at radius 2 is 1.85 bits per heavy atom. The van der Waals surface area contributed by atoms with Gasteiger partial charge in [0, 0.05) is 31.5 Å². The largest absolute Gasteiger partial charge is 0.463 e. The van der Waals surface area contributed by atoms with Crippen LogP contribution in [0.5, 0.6) is 0 Å². The van der Waals surface area contributed by atoms with Crippen molar-refractivity contribution in [3.05, 3.63) is 0 Å². The van der Waals surface area contributed by atoms with Crippen molar-refractivity contribution in [3.8, 4) is 0 Å². The average molecular weight is 316 g/mol. The number of methoxy groups -OCH3 is 1. The number of carbonyl (C=O) groups is 1. The van der Waals surface area contributed by atoms with Crippen molar-refractivity contribution in [2.45, 2.75) is 0 Å². The van der Waals surface area contributed by atoms with Gasteiger partial charge in [0.15, 0.2) is 0 Å². The molecule has 0 saturated heterocycles. The second-order valence-corrected chi connectivity index (χ2v) is 2.30. The zero-order valence-electron chi connectivity index (χ0n) is 7.56. The molecule has 0 aliphatic rings. The molecule has 0 aliphatic carbocycles. The molecule has 0 amide bonds. The minimum atomic E-state index is -0.325. The van der Waals surface area contributed by atoms with Crippen LogP contribution in [0.15, 0.2) is 0 Å². The van der Waals surface area contributed by atoms with E-state index in [1.54, 1.807) is 7.11 Å². The normalized spacial score (nSPS) is 9.08. The predicted octanol–water partition coefficient (Wildman–Crippen LogP) is -0.258. The van der Waals surface area contributed by atoms with Crippen molar-refractivity contribution < 1.29 is 19.0 Å². The summed E-state index contributed by atoms with van der Waals surface area (Å²) in [5.74, 6) is -0.216. The summed E-state index contributed by atoms with van der Waals surface area (Å²) in [5.41, 5.74) is 0. The second kappa shape index (κ2) is 12.6. The number of hydrogen-bond acceptors (Lipinski definition) is 5. The molecule has 0 rings (SSSR count). The van der Waals surface area contributed by atoms with Gasteiger partial charge in [0.05, 0.1) is 25.6 Å². The molecule has 77 valence electrons. The predicted molar refractivity (Wildman–Crippen MR) is 53.3 cm³/mol. The van der Waals surface area contributed by atoms with Crippen molar-refractivity contribution in [1.82, 2.24) is 0 Å². The minimum absolute atomic E-state index is 0. The van der Waals surface area contributed by atoms with E-state index in [-0.39, 0.29) is 42.8 Å². The van der Waals surface area contributed by atoms with E-state index in [0.29, 0.717) is 19.8 Å². The third-order valence-electron chi connectivity index (χ3n) is 1.05. The quantitative estimate of drug-likeness (QED) is 0.304. The van der Waals surface area contributed by atoms with Gasteiger partial charge in [-0.2, -0.15) is 12.6 Å². The van der Waals surface area contributed by atoms with Crippen molar-refractivity contribution in [1.29, 1.82) is 0 Å². The van der Waals surface area contributed by atoms with Crippen LogP contribution < -0.4 is 0 Å². The Kier molecular flexibility index (Phi) is 15.5. The summed E-state index contributed by atoms with van der Waals surface area (Å²) < 4.78 is 14.5. The molecule has 0 bridgehead atoms. The first kappa shape index (κ1) is 16.0.